The van der Waals surface area contributed by atoms with Gasteiger partial charge in [0.05, 0.1) is 5.52 Å². The van der Waals surface area contributed by atoms with Crippen LogP contribution in [-0.4, -0.2) is 21.5 Å². The Bertz CT molecular complexity index is 709. The van der Waals surface area contributed by atoms with Crippen LogP contribution in [0.4, 0.5) is 5.82 Å². The van der Waals surface area contributed by atoms with Gasteiger partial charge in [-0.05, 0) is 18.6 Å². The summed E-state index contributed by atoms with van der Waals surface area (Å²) in [5.74, 6) is 1.83. The highest BCUT2D eigenvalue weighted by atomic mass is 32.2. The number of benzene rings is 1. The lowest BCUT2D eigenvalue weighted by molar-refractivity contribution is 0.967. The van der Waals surface area contributed by atoms with Crippen LogP contribution >= 0.6 is 11.8 Å². The first kappa shape index (κ1) is 13.9. The zero-order valence-corrected chi connectivity index (χ0v) is 12.8. The predicted octanol–water partition coefficient (Wildman–Crippen LogP) is 4.07. The maximum Gasteiger partial charge on any atom is 0.165 e. The molecule has 0 aliphatic carbocycles. The molecule has 2 aromatic heterocycles. The SMILES string of the molecule is CCCNc1nc2ccccc2cc1CSc1ncc[nH]1. The molecule has 5 heteroatoms. The second kappa shape index (κ2) is 6.63. The van der Waals surface area contributed by atoms with Gasteiger partial charge in [0, 0.05) is 35.6 Å². The Morgan fingerprint density at radius 3 is 3.00 bits per heavy atom. The van der Waals surface area contributed by atoms with Crippen LogP contribution in [0.1, 0.15) is 18.9 Å². The van der Waals surface area contributed by atoms with Gasteiger partial charge in [-0.3, -0.25) is 0 Å². The van der Waals surface area contributed by atoms with Gasteiger partial charge in [0.25, 0.3) is 0 Å². The van der Waals surface area contributed by atoms with Gasteiger partial charge in [-0.2, -0.15) is 0 Å². The van der Waals surface area contributed by atoms with Crippen LogP contribution in [-0.2, 0) is 5.75 Å². The first-order valence-corrected chi connectivity index (χ1v) is 8.10. The molecule has 0 atom stereocenters. The number of hydrogen-bond acceptors (Lipinski definition) is 4. The first-order valence-electron chi connectivity index (χ1n) is 7.11. The Kier molecular flexibility index (Phi) is 4.40. The van der Waals surface area contributed by atoms with Gasteiger partial charge in [0.1, 0.15) is 5.82 Å². The van der Waals surface area contributed by atoms with E-state index in [1.165, 1.54) is 10.9 Å². The number of fused-ring (bicyclic) bond motifs is 1. The summed E-state index contributed by atoms with van der Waals surface area (Å²) in [5.41, 5.74) is 2.24. The van der Waals surface area contributed by atoms with E-state index in [4.69, 9.17) is 4.98 Å². The summed E-state index contributed by atoms with van der Waals surface area (Å²) in [7, 11) is 0. The van der Waals surface area contributed by atoms with Gasteiger partial charge in [-0.25, -0.2) is 9.97 Å². The van der Waals surface area contributed by atoms with Crippen LogP contribution in [0.25, 0.3) is 10.9 Å². The second-order valence-corrected chi connectivity index (χ2v) is 5.76. The lowest BCUT2D eigenvalue weighted by Crippen LogP contribution is -2.05. The molecule has 0 fully saturated rings. The molecule has 4 nitrogen and oxygen atoms in total. The highest BCUT2D eigenvalue weighted by Crippen LogP contribution is 2.26. The van der Waals surface area contributed by atoms with Crippen molar-refractivity contribution in [3.63, 3.8) is 0 Å². The smallest absolute Gasteiger partial charge is 0.165 e. The van der Waals surface area contributed by atoms with Gasteiger partial charge in [0.15, 0.2) is 5.16 Å². The summed E-state index contributed by atoms with van der Waals surface area (Å²) in [4.78, 5) is 12.1. The predicted molar refractivity (Wildman–Crippen MR) is 88.7 cm³/mol. The summed E-state index contributed by atoms with van der Waals surface area (Å²) < 4.78 is 0. The lowest BCUT2D eigenvalue weighted by Gasteiger charge is -2.11. The molecule has 0 unspecified atom stereocenters. The molecule has 2 N–H and O–H groups in total. The molecule has 0 aliphatic rings. The second-order valence-electron chi connectivity index (χ2n) is 4.80. The number of rotatable bonds is 6. The van der Waals surface area contributed by atoms with Crippen LogP contribution in [0.2, 0.25) is 0 Å². The lowest BCUT2D eigenvalue weighted by atomic mass is 10.1. The van der Waals surface area contributed by atoms with Gasteiger partial charge >= 0.3 is 0 Å². The number of thioether (sulfide) groups is 1. The number of imidazole rings is 1. The zero-order chi connectivity index (χ0) is 14.5. The van der Waals surface area contributed by atoms with E-state index >= 15 is 0 Å². The number of anilines is 1. The largest absolute Gasteiger partial charge is 0.370 e. The molecule has 3 aromatic rings. The molecule has 0 amide bonds. The molecule has 21 heavy (non-hydrogen) atoms. The fraction of sp³-hybridized carbons (Fsp3) is 0.250. The summed E-state index contributed by atoms with van der Waals surface area (Å²) in [6.07, 6.45) is 4.70. The third kappa shape index (κ3) is 3.36. The number of aromatic nitrogens is 3. The first-order chi connectivity index (χ1) is 10.4. The molecule has 3 rings (SSSR count). The van der Waals surface area contributed by atoms with Crippen molar-refractivity contribution in [1.82, 2.24) is 15.0 Å². The monoisotopic (exact) mass is 298 g/mol. The minimum Gasteiger partial charge on any atom is -0.370 e. The van der Waals surface area contributed by atoms with Crippen molar-refractivity contribution < 1.29 is 0 Å². The molecule has 0 bridgehead atoms. The van der Waals surface area contributed by atoms with E-state index in [2.05, 4.69) is 40.4 Å². The number of H-pyrrole nitrogens is 1. The van der Waals surface area contributed by atoms with Gasteiger partial charge < -0.3 is 10.3 Å². The summed E-state index contributed by atoms with van der Waals surface area (Å²) in [6, 6.07) is 10.4. The fourth-order valence-electron chi connectivity index (χ4n) is 2.14. The van der Waals surface area contributed by atoms with E-state index < -0.39 is 0 Å². The van der Waals surface area contributed by atoms with Gasteiger partial charge in [-0.1, -0.05) is 36.9 Å². The van der Waals surface area contributed by atoms with Crippen molar-refractivity contribution >= 4 is 28.5 Å². The summed E-state index contributed by atoms with van der Waals surface area (Å²) in [5, 5.41) is 5.54. The Balaban J connectivity index is 1.89. The van der Waals surface area contributed by atoms with Gasteiger partial charge in [-0.15, -0.1) is 0 Å². The van der Waals surface area contributed by atoms with Crippen molar-refractivity contribution in [1.29, 1.82) is 0 Å². The normalized spacial score (nSPS) is 10.9. The summed E-state index contributed by atoms with van der Waals surface area (Å²) in [6.45, 7) is 3.09. The van der Waals surface area contributed by atoms with Crippen LogP contribution in [0.15, 0.2) is 47.9 Å². The van der Waals surface area contributed by atoms with Crippen molar-refractivity contribution in [2.45, 2.75) is 24.3 Å². The minimum absolute atomic E-state index is 0.845. The highest BCUT2D eigenvalue weighted by molar-refractivity contribution is 7.98. The Morgan fingerprint density at radius 1 is 1.29 bits per heavy atom. The standard InChI is InChI=1S/C16H18N4S/c1-2-7-17-15-13(11-21-16-18-8-9-19-16)10-12-5-3-4-6-14(12)20-15/h3-6,8-10H,2,7,11H2,1H3,(H,17,20)(H,18,19). The van der Waals surface area contributed by atoms with E-state index in [0.29, 0.717) is 0 Å². The molecule has 0 spiro atoms. The van der Waals surface area contributed by atoms with E-state index in [1.54, 1.807) is 18.0 Å². The van der Waals surface area contributed by atoms with E-state index in [0.717, 1.165) is 35.2 Å². The number of para-hydroxylation sites is 1. The average Bonchev–Trinajstić information content (AvgIpc) is 3.04. The van der Waals surface area contributed by atoms with Crippen molar-refractivity contribution in [3.05, 3.63) is 48.3 Å². The fourth-order valence-corrected chi connectivity index (χ4v) is 2.94. The van der Waals surface area contributed by atoms with Crippen molar-refractivity contribution in [2.75, 3.05) is 11.9 Å². The van der Waals surface area contributed by atoms with E-state index in [1.807, 2.05) is 18.3 Å². The molecule has 0 saturated carbocycles. The molecule has 108 valence electrons. The maximum absolute atomic E-state index is 4.76. The Labute approximate surface area is 128 Å². The molecular formula is C16H18N4S. The maximum atomic E-state index is 4.76. The highest BCUT2D eigenvalue weighted by Gasteiger charge is 2.08. The van der Waals surface area contributed by atoms with E-state index in [9.17, 15) is 0 Å². The molecular weight excluding hydrogens is 280 g/mol. The Hall–Kier alpha value is -2.01. The van der Waals surface area contributed by atoms with Crippen LogP contribution in [0.3, 0.4) is 0 Å². The minimum atomic E-state index is 0.845. The summed E-state index contributed by atoms with van der Waals surface area (Å²) >= 11 is 1.69. The third-order valence-corrected chi connectivity index (χ3v) is 4.13. The third-order valence-electron chi connectivity index (χ3n) is 3.18. The number of nitrogens with one attached hydrogen (secondary N) is 2. The van der Waals surface area contributed by atoms with Crippen LogP contribution < -0.4 is 5.32 Å². The topological polar surface area (TPSA) is 53.6 Å². The van der Waals surface area contributed by atoms with Crippen LogP contribution in [0.5, 0.6) is 0 Å². The number of hydrogen-bond donors (Lipinski definition) is 2. The van der Waals surface area contributed by atoms with Crippen LogP contribution in [0, 0.1) is 0 Å². The van der Waals surface area contributed by atoms with Crippen molar-refractivity contribution in [3.8, 4) is 0 Å². The van der Waals surface area contributed by atoms with Crippen molar-refractivity contribution in [2.24, 2.45) is 0 Å². The van der Waals surface area contributed by atoms with Gasteiger partial charge in [0.2, 0.25) is 0 Å². The molecule has 0 radical (unpaired) electrons. The molecule has 0 aliphatic heterocycles. The van der Waals surface area contributed by atoms with E-state index in [-0.39, 0.29) is 0 Å². The zero-order valence-electron chi connectivity index (χ0n) is 12.0. The number of nitrogens with zero attached hydrogens (tertiary/aromatic N) is 2. The quantitative estimate of drug-likeness (QED) is 0.673. The number of pyridine rings is 1. The Morgan fingerprint density at radius 2 is 2.19 bits per heavy atom. The molecule has 2 heterocycles. The molecule has 0 saturated heterocycles. The molecule has 1 aromatic carbocycles. The number of aromatic amines is 1. The average molecular weight is 298 g/mol.